The van der Waals surface area contributed by atoms with Gasteiger partial charge in [-0.1, -0.05) is 25.4 Å². The van der Waals surface area contributed by atoms with Crippen LogP contribution in [0.2, 0.25) is 5.02 Å². The molecule has 0 spiro atoms. The second kappa shape index (κ2) is 6.22. The Hall–Kier alpha value is -0.940. The first kappa shape index (κ1) is 17.1. The molecule has 1 atom stereocenters. The lowest BCUT2D eigenvalue weighted by Gasteiger charge is -2.31. The molecule has 1 aromatic rings. The van der Waals surface area contributed by atoms with Crippen LogP contribution in [0, 0.1) is 6.92 Å². The van der Waals surface area contributed by atoms with Gasteiger partial charge < -0.3 is 9.84 Å². The third-order valence-corrected chi connectivity index (χ3v) is 3.56. The molecule has 0 aliphatic carbocycles. The van der Waals surface area contributed by atoms with Crippen molar-refractivity contribution in [1.82, 2.24) is 0 Å². The molecule has 0 amide bonds. The first-order valence-corrected chi connectivity index (χ1v) is 6.77. The molecule has 0 aliphatic heterocycles. The summed E-state index contributed by atoms with van der Waals surface area (Å²) in [7, 11) is 0. The lowest BCUT2D eigenvalue weighted by atomic mass is 9.89. The molecule has 0 heterocycles. The van der Waals surface area contributed by atoms with Crippen molar-refractivity contribution in [3.05, 3.63) is 28.3 Å². The topological polar surface area (TPSA) is 29.5 Å². The van der Waals surface area contributed by atoms with Gasteiger partial charge in [-0.3, -0.25) is 0 Å². The zero-order valence-electron chi connectivity index (χ0n) is 11.6. The van der Waals surface area contributed by atoms with Crippen molar-refractivity contribution < 1.29 is 23.0 Å². The predicted octanol–water partition coefficient (Wildman–Crippen LogP) is 4.60. The Labute approximate surface area is 121 Å². The molecule has 0 bridgehead atoms. The van der Waals surface area contributed by atoms with Gasteiger partial charge in [0.05, 0.1) is 6.61 Å². The van der Waals surface area contributed by atoms with Crippen LogP contribution in [0.25, 0.3) is 0 Å². The third-order valence-electron chi connectivity index (χ3n) is 3.15. The molecule has 2 nitrogen and oxygen atoms in total. The van der Waals surface area contributed by atoms with Gasteiger partial charge in [-0.05, 0) is 37.5 Å². The summed E-state index contributed by atoms with van der Waals surface area (Å²) in [5.41, 5.74) is -2.70. The molecule has 20 heavy (non-hydrogen) atoms. The number of rotatable bonds is 5. The highest BCUT2D eigenvalue weighted by atomic mass is 35.5. The quantitative estimate of drug-likeness (QED) is 0.861. The van der Waals surface area contributed by atoms with E-state index in [2.05, 4.69) is 0 Å². The average Bonchev–Trinajstić information content (AvgIpc) is 2.37. The summed E-state index contributed by atoms with van der Waals surface area (Å²) < 4.78 is 44.9. The van der Waals surface area contributed by atoms with Crippen LogP contribution in [0.5, 0.6) is 5.75 Å². The monoisotopic (exact) mass is 310 g/mol. The highest BCUT2D eigenvalue weighted by Gasteiger charge is 2.55. The summed E-state index contributed by atoms with van der Waals surface area (Å²) in [6, 6.07) is 2.57. The van der Waals surface area contributed by atoms with E-state index < -0.39 is 18.2 Å². The van der Waals surface area contributed by atoms with Gasteiger partial charge in [-0.15, -0.1) is 0 Å². The van der Waals surface area contributed by atoms with E-state index in [1.165, 1.54) is 13.0 Å². The summed E-state index contributed by atoms with van der Waals surface area (Å²) in [6.07, 6.45) is -4.67. The average molecular weight is 311 g/mol. The van der Waals surface area contributed by atoms with Gasteiger partial charge in [0.25, 0.3) is 0 Å². The largest absolute Gasteiger partial charge is 0.493 e. The van der Waals surface area contributed by atoms with Gasteiger partial charge in [0, 0.05) is 10.6 Å². The summed E-state index contributed by atoms with van der Waals surface area (Å²) in [5.74, 6) is 0.0235. The van der Waals surface area contributed by atoms with Gasteiger partial charge in [0.1, 0.15) is 5.75 Å². The van der Waals surface area contributed by atoms with Crippen molar-refractivity contribution in [3.63, 3.8) is 0 Å². The Kier molecular flexibility index (Phi) is 5.33. The van der Waals surface area contributed by atoms with Crippen LogP contribution < -0.4 is 4.74 Å². The number of halogens is 4. The zero-order chi connectivity index (χ0) is 15.6. The molecule has 114 valence electrons. The standard InChI is InChI=1S/C14H18ClF3O2/c1-4-6-20-12-7-9(3)11(15)8-10(12)13(19,5-2)14(16,17)18/h7-8,19H,4-6H2,1-3H3. The fourth-order valence-electron chi connectivity index (χ4n) is 1.85. The molecule has 0 radical (unpaired) electrons. The fraction of sp³-hybridized carbons (Fsp3) is 0.571. The van der Waals surface area contributed by atoms with Crippen LogP contribution in [-0.2, 0) is 5.60 Å². The van der Waals surface area contributed by atoms with Gasteiger partial charge >= 0.3 is 6.18 Å². The maximum absolute atomic E-state index is 13.2. The molecule has 0 fully saturated rings. The van der Waals surface area contributed by atoms with Gasteiger partial charge in [-0.25, -0.2) is 0 Å². The van der Waals surface area contributed by atoms with Crippen LogP contribution in [-0.4, -0.2) is 17.9 Å². The number of benzene rings is 1. The molecule has 0 aromatic heterocycles. The number of ether oxygens (including phenoxy) is 1. The summed E-state index contributed by atoms with van der Waals surface area (Å²) in [4.78, 5) is 0. The highest BCUT2D eigenvalue weighted by Crippen LogP contribution is 2.46. The highest BCUT2D eigenvalue weighted by molar-refractivity contribution is 6.31. The maximum Gasteiger partial charge on any atom is 0.421 e. The lowest BCUT2D eigenvalue weighted by Crippen LogP contribution is -2.42. The van der Waals surface area contributed by atoms with Crippen molar-refractivity contribution in [1.29, 1.82) is 0 Å². The van der Waals surface area contributed by atoms with Crippen LogP contribution in [0.3, 0.4) is 0 Å². The Balaban J connectivity index is 3.43. The first-order valence-electron chi connectivity index (χ1n) is 6.39. The number of aliphatic hydroxyl groups is 1. The SMILES string of the molecule is CCCOc1cc(C)c(Cl)cc1C(O)(CC)C(F)(F)F. The molecule has 0 saturated carbocycles. The summed E-state index contributed by atoms with van der Waals surface area (Å²) >= 11 is 5.90. The van der Waals surface area contributed by atoms with Crippen molar-refractivity contribution in [3.8, 4) is 5.75 Å². The summed E-state index contributed by atoms with van der Waals surface area (Å²) in [5, 5.41) is 10.2. The van der Waals surface area contributed by atoms with Crippen LogP contribution in [0.15, 0.2) is 12.1 Å². The zero-order valence-corrected chi connectivity index (χ0v) is 12.4. The van der Waals surface area contributed by atoms with Crippen LogP contribution in [0.1, 0.15) is 37.8 Å². The normalized spacial score (nSPS) is 15.0. The molecule has 0 aliphatic rings. The Morgan fingerprint density at radius 3 is 2.30 bits per heavy atom. The van der Waals surface area contributed by atoms with E-state index in [4.69, 9.17) is 16.3 Å². The third kappa shape index (κ3) is 3.20. The maximum atomic E-state index is 13.2. The second-order valence-corrected chi connectivity index (χ2v) is 5.06. The molecule has 0 saturated heterocycles. The molecular formula is C14H18ClF3O2. The molecule has 1 N–H and O–H groups in total. The van der Waals surface area contributed by atoms with E-state index in [0.717, 1.165) is 6.07 Å². The Bertz CT molecular complexity index is 474. The van der Waals surface area contributed by atoms with Crippen molar-refractivity contribution in [2.24, 2.45) is 0 Å². The minimum absolute atomic E-state index is 0.0235. The minimum atomic E-state index is -4.80. The number of aryl methyl sites for hydroxylation is 1. The number of hydrogen-bond acceptors (Lipinski definition) is 2. The van der Waals surface area contributed by atoms with E-state index in [9.17, 15) is 18.3 Å². The van der Waals surface area contributed by atoms with Crippen LogP contribution >= 0.6 is 11.6 Å². The smallest absolute Gasteiger partial charge is 0.421 e. The summed E-state index contributed by atoms with van der Waals surface area (Å²) in [6.45, 7) is 5.05. The Morgan fingerprint density at radius 2 is 1.85 bits per heavy atom. The van der Waals surface area contributed by atoms with Crippen molar-refractivity contribution in [2.45, 2.75) is 45.4 Å². The predicted molar refractivity (Wildman–Crippen MR) is 72.2 cm³/mol. The molecule has 1 rings (SSSR count). The van der Waals surface area contributed by atoms with Crippen LogP contribution in [0.4, 0.5) is 13.2 Å². The number of hydrogen-bond donors (Lipinski definition) is 1. The molecular weight excluding hydrogens is 293 g/mol. The van der Waals surface area contributed by atoms with Gasteiger partial charge in [0.2, 0.25) is 0 Å². The van der Waals surface area contributed by atoms with E-state index in [1.54, 1.807) is 6.92 Å². The van der Waals surface area contributed by atoms with Gasteiger partial charge in [-0.2, -0.15) is 13.2 Å². The van der Waals surface area contributed by atoms with Gasteiger partial charge in [0.15, 0.2) is 5.60 Å². The number of alkyl halides is 3. The van der Waals surface area contributed by atoms with E-state index in [1.807, 2.05) is 6.92 Å². The fourth-order valence-corrected chi connectivity index (χ4v) is 2.02. The van der Waals surface area contributed by atoms with Crippen molar-refractivity contribution in [2.75, 3.05) is 6.61 Å². The molecule has 1 aromatic carbocycles. The van der Waals surface area contributed by atoms with E-state index in [0.29, 0.717) is 12.0 Å². The van der Waals surface area contributed by atoms with Crippen molar-refractivity contribution >= 4 is 11.6 Å². The van der Waals surface area contributed by atoms with E-state index in [-0.39, 0.29) is 22.9 Å². The lowest BCUT2D eigenvalue weighted by molar-refractivity contribution is -0.268. The molecule has 6 heteroatoms. The minimum Gasteiger partial charge on any atom is -0.493 e. The molecule has 1 unspecified atom stereocenters. The van der Waals surface area contributed by atoms with E-state index >= 15 is 0 Å². The second-order valence-electron chi connectivity index (χ2n) is 4.66. The Morgan fingerprint density at radius 1 is 1.25 bits per heavy atom. The first-order chi connectivity index (χ1) is 9.17.